The highest BCUT2D eigenvalue weighted by molar-refractivity contribution is 7.89. The SMILES string of the molecule is CCC[C@H](C)CS(=O)(=O)NCc1cccnc1OC. The highest BCUT2D eigenvalue weighted by Crippen LogP contribution is 2.14. The molecule has 0 fully saturated rings. The molecule has 0 spiro atoms. The van der Waals surface area contributed by atoms with E-state index in [4.69, 9.17) is 4.74 Å². The third-order valence-corrected chi connectivity index (χ3v) is 4.40. The first-order valence-electron chi connectivity index (χ1n) is 6.43. The molecule has 0 amide bonds. The fraction of sp³-hybridized carbons (Fsp3) is 0.615. The Kier molecular flexibility index (Phi) is 6.24. The Morgan fingerprint density at radius 1 is 1.47 bits per heavy atom. The van der Waals surface area contributed by atoms with Crippen molar-refractivity contribution in [3.63, 3.8) is 0 Å². The second-order valence-corrected chi connectivity index (χ2v) is 6.52. The van der Waals surface area contributed by atoms with Crippen molar-refractivity contribution in [1.29, 1.82) is 0 Å². The number of nitrogens with one attached hydrogen (secondary N) is 1. The van der Waals surface area contributed by atoms with Gasteiger partial charge in [0.1, 0.15) is 0 Å². The molecule has 1 aromatic rings. The van der Waals surface area contributed by atoms with Gasteiger partial charge in [-0.1, -0.05) is 26.3 Å². The van der Waals surface area contributed by atoms with E-state index in [9.17, 15) is 8.42 Å². The minimum absolute atomic E-state index is 0.156. The highest BCUT2D eigenvalue weighted by atomic mass is 32.2. The van der Waals surface area contributed by atoms with Crippen LogP contribution in [0.4, 0.5) is 0 Å². The van der Waals surface area contributed by atoms with Gasteiger partial charge in [-0.25, -0.2) is 18.1 Å². The highest BCUT2D eigenvalue weighted by Gasteiger charge is 2.15. The van der Waals surface area contributed by atoms with Crippen LogP contribution in [0.25, 0.3) is 0 Å². The summed E-state index contributed by atoms with van der Waals surface area (Å²) in [5, 5.41) is 0. The van der Waals surface area contributed by atoms with Crippen molar-refractivity contribution in [1.82, 2.24) is 9.71 Å². The number of methoxy groups -OCH3 is 1. The lowest BCUT2D eigenvalue weighted by molar-refractivity contribution is 0.392. The molecule has 0 unspecified atom stereocenters. The van der Waals surface area contributed by atoms with E-state index < -0.39 is 10.0 Å². The Labute approximate surface area is 115 Å². The maximum absolute atomic E-state index is 11.9. The molecule has 1 atom stereocenters. The predicted octanol–water partition coefficient (Wildman–Crippen LogP) is 1.95. The molecular formula is C13H22N2O3S. The van der Waals surface area contributed by atoms with E-state index in [0.29, 0.717) is 5.88 Å². The van der Waals surface area contributed by atoms with Gasteiger partial charge in [-0.15, -0.1) is 0 Å². The molecule has 1 rings (SSSR count). The van der Waals surface area contributed by atoms with Crippen LogP contribution in [-0.4, -0.2) is 26.3 Å². The van der Waals surface area contributed by atoms with Crippen LogP contribution in [-0.2, 0) is 16.6 Å². The van der Waals surface area contributed by atoms with Crippen molar-refractivity contribution in [3.8, 4) is 5.88 Å². The molecular weight excluding hydrogens is 264 g/mol. The van der Waals surface area contributed by atoms with Crippen molar-refractivity contribution >= 4 is 10.0 Å². The van der Waals surface area contributed by atoms with Crippen LogP contribution in [0.2, 0.25) is 0 Å². The van der Waals surface area contributed by atoms with E-state index in [2.05, 4.69) is 16.6 Å². The molecule has 1 heterocycles. The number of hydrogen-bond acceptors (Lipinski definition) is 4. The van der Waals surface area contributed by atoms with Crippen LogP contribution >= 0.6 is 0 Å². The van der Waals surface area contributed by atoms with Crippen LogP contribution in [0.1, 0.15) is 32.3 Å². The number of pyridine rings is 1. The summed E-state index contributed by atoms with van der Waals surface area (Å²) in [6.07, 6.45) is 3.52. The normalized spacial score (nSPS) is 13.2. The minimum atomic E-state index is -3.26. The Morgan fingerprint density at radius 2 is 2.21 bits per heavy atom. The average molecular weight is 286 g/mol. The van der Waals surface area contributed by atoms with Crippen molar-refractivity contribution in [2.75, 3.05) is 12.9 Å². The summed E-state index contributed by atoms with van der Waals surface area (Å²) in [5.74, 6) is 0.772. The lowest BCUT2D eigenvalue weighted by Crippen LogP contribution is -2.29. The van der Waals surface area contributed by atoms with E-state index in [-0.39, 0.29) is 18.2 Å². The van der Waals surface area contributed by atoms with Crippen LogP contribution in [0.15, 0.2) is 18.3 Å². The summed E-state index contributed by atoms with van der Waals surface area (Å²) in [4.78, 5) is 4.03. The molecule has 0 aliphatic rings. The zero-order valence-corrected chi connectivity index (χ0v) is 12.5. The third kappa shape index (κ3) is 5.57. The van der Waals surface area contributed by atoms with Crippen molar-refractivity contribution in [2.24, 2.45) is 5.92 Å². The zero-order chi connectivity index (χ0) is 14.3. The largest absolute Gasteiger partial charge is 0.481 e. The Morgan fingerprint density at radius 3 is 2.84 bits per heavy atom. The van der Waals surface area contributed by atoms with Crippen LogP contribution in [0, 0.1) is 5.92 Å². The van der Waals surface area contributed by atoms with Gasteiger partial charge in [0.2, 0.25) is 15.9 Å². The van der Waals surface area contributed by atoms with Gasteiger partial charge in [-0.2, -0.15) is 0 Å². The van der Waals surface area contributed by atoms with Crippen LogP contribution in [0.5, 0.6) is 5.88 Å². The van der Waals surface area contributed by atoms with Gasteiger partial charge in [-0.05, 0) is 18.4 Å². The molecule has 19 heavy (non-hydrogen) atoms. The first-order chi connectivity index (χ1) is 8.98. The lowest BCUT2D eigenvalue weighted by Gasteiger charge is -2.12. The van der Waals surface area contributed by atoms with Crippen molar-refractivity contribution < 1.29 is 13.2 Å². The minimum Gasteiger partial charge on any atom is -0.481 e. The molecule has 0 aliphatic heterocycles. The molecule has 5 nitrogen and oxygen atoms in total. The number of ether oxygens (including phenoxy) is 1. The quantitative estimate of drug-likeness (QED) is 0.793. The molecule has 0 saturated heterocycles. The predicted molar refractivity (Wildman–Crippen MR) is 75.5 cm³/mol. The van der Waals surface area contributed by atoms with Gasteiger partial charge in [0.15, 0.2) is 0 Å². The monoisotopic (exact) mass is 286 g/mol. The second kappa shape index (κ2) is 7.45. The van der Waals surface area contributed by atoms with Crippen molar-refractivity contribution in [2.45, 2.75) is 33.2 Å². The maximum Gasteiger partial charge on any atom is 0.217 e. The molecule has 0 bridgehead atoms. The third-order valence-electron chi connectivity index (χ3n) is 2.81. The molecule has 1 aromatic heterocycles. The maximum atomic E-state index is 11.9. The van der Waals surface area contributed by atoms with E-state index in [1.165, 1.54) is 7.11 Å². The topological polar surface area (TPSA) is 68.3 Å². The Hall–Kier alpha value is -1.14. The first-order valence-corrected chi connectivity index (χ1v) is 8.09. The Bertz CT molecular complexity index is 488. The van der Waals surface area contributed by atoms with Gasteiger partial charge < -0.3 is 4.74 Å². The van der Waals surface area contributed by atoms with Crippen LogP contribution < -0.4 is 9.46 Å². The van der Waals surface area contributed by atoms with Gasteiger partial charge in [0.05, 0.1) is 12.9 Å². The molecule has 108 valence electrons. The number of aromatic nitrogens is 1. The molecule has 0 aliphatic carbocycles. The van der Waals surface area contributed by atoms with E-state index in [0.717, 1.165) is 18.4 Å². The number of hydrogen-bond donors (Lipinski definition) is 1. The zero-order valence-electron chi connectivity index (χ0n) is 11.7. The van der Waals surface area contributed by atoms with Crippen LogP contribution in [0.3, 0.4) is 0 Å². The standard InChI is InChI=1S/C13H22N2O3S/c1-4-6-11(2)10-19(16,17)15-9-12-7-5-8-14-13(12)18-3/h5,7-8,11,15H,4,6,9-10H2,1-3H3/t11-/m0/s1. The molecule has 6 heteroatoms. The van der Waals surface area contributed by atoms with E-state index in [1.54, 1.807) is 18.3 Å². The number of nitrogens with zero attached hydrogens (tertiary/aromatic N) is 1. The molecule has 0 radical (unpaired) electrons. The smallest absolute Gasteiger partial charge is 0.217 e. The number of sulfonamides is 1. The van der Waals surface area contributed by atoms with Crippen molar-refractivity contribution in [3.05, 3.63) is 23.9 Å². The molecule has 1 N–H and O–H groups in total. The molecule has 0 saturated carbocycles. The van der Waals surface area contributed by atoms with Gasteiger partial charge in [0, 0.05) is 18.3 Å². The second-order valence-electron chi connectivity index (χ2n) is 4.67. The van der Waals surface area contributed by atoms with E-state index >= 15 is 0 Å². The summed E-state index contributed by atoms with van der Waals surface area (Å²) in [5.41, 5.74) is 0.733. The fourth-order valence-electron chi connectivity index (χ4n) is 1.94. The fourth-order valence-corrected chi connectivity index (χ4v) is 3.35. The first kappa shape index (κ1) is 15.9. The summed E-state index contributed by atoms with van der Waals surface area (Å²) >= 11 is 0. The summed E-state index contributed by atoms with van der Waals surface area (Å²) in [7, 11) is -1.74. The summed E-state index contributed by atoms with van der Waals surface area (Å²) in [6, 6.07) is 3.55. The van der Waals surface area contributed by atoms with E-state index in [1.807, 2.05) is 6.92 Å². The summed E-state index contributed by atoms with van der Waals surface area (Å²) < 4.78 is 31.5. The van der Waals surface area contributed by atoms with Gasteiger partial charge in [-0.3, -0.25) is 0 Å². The number of rotatable bonds is 8. The summed E-state index contributed by atoms with van der Waals surface area (Å²) in [6.45, 7) is 4.21. The lowest BCUT2D eigenvalue weighted by atomic mass is 10.1. The Balaban J connectivity index is 2.60. The molecule has 0 aromatic carbocycles. The van der Waals surface area contributed by atoms with Gasteiger partial charge >= 0.3 is 0 Å². The van der Waals surface area contributed by atoms with Gasteiger partial charge in [0.25, 0.3) is 0 Å². The average Bonchev–Trinajstić information content (AvgIpc) is 2.36.